The quantitative estimate of drug-likeness (QED) is 0.538. The van der Waals surface area contributed by atoms with Gasteiger partial charge < -0.3 is 9.47 Å². The molecule has 0 N–H and O–H groups in total. The topological polar surface area (TPSA) is 77.3 Å². The molecule has 25 heavy (non-hydrogen) atoms. The summed E-state index contributed by atoms with van der Waals surface area (Å²) in [6.45, 7) is 4.81. The van der Waals surface area contributed by atoms with Gasteiger partial charge in [0.2, 0.25) is 12.2 Å². The van der Waals surface area contributed by atoms with E-state index in [9.17, 15) is 9.59 Å². The zero-order chi connectivity index (χ0) is 18.1. The number of hydrogen-bond acceptors (Lipinski definition) is 6. The van der Waals surface area contributed by atoms with Crippen LogP contribution in [0, 0.1) is 0 Å². The maximum absolute atomic E-state index is 10.5. The van der Waals surface area contributed by atoms with Crippen LogP contribution in [-0.4, -0.2) is 25.4 Å². The predicted octanol–water partition coefficient (Wildman–Crippen LogP) is 4.01. The molecule has 0 atom stereocenters. The predicted molar refractivity (Wildman–Crippen MR) is 93.6 cm³/mol. The van der Waals surface area contributed by atoms with Crippen molar-refractivity contribution in [2.75, 3.05) is 13.2 Å². The number of hydrogen-bond donors (Lipinski definition) is 0. The third-order valence-corrected chi connectivity index (χ3v) is 3.42. The van der Waals surface area contributed by atoms with Crippen LogP contribution in [-0.2, 0) is 16.0 Å². The molecule has 128 valence electrons. The molecule has 0 aliphatic heterocycles. The molecule has 0 amide bonds. The molecule has 6 heteroatoms. The summed E-state index contributed by atoms with van der Waals surface area (Å²) in [5.41, 5.74) is 2.67. The lowest BCUT2D eigenvalue weighted by atomic mass is 10.0. The van der Waals surface area contributed by atoms with Crippen LogP contribution in [0.5, 0.6) is 11.5 Å². The zero-order valence-corrected chi connectivity index (χ0v) is 14.1. The first kappa shape index (κ1) is 18.1. The van der Waals surface area contributed by atoms with Gasteiger partial charge in [-0.2, -0.15) is 9.98 Å². The lowest BCUT2D eigenvalue weighted by Crippen LogP contribution is -2.00. The van der Waals surface area contributed by atoms with E-state index in [0.29, 0.717) is 42.5 Å². The fraction of sp³-hybridized carbons (Fsp3) is 0.263. The zero-order valence-electron chi connectivity index (χ0n) is 14.1. The van der Waals surface area contributed by atoms with Crippen molar-refractivity contribution in [1.82, 2.24) is 0 Å². The average Bonchev–Trinajstić information content (AvgIpc) is 2.60. The highest BCUT2D eigenvalue weighted by Gasteiger charge is 2.11. The number of aliphatic imine (C=N–C) groups is 2. The van der Waals surface area contributed by atoms with E-state index >= 15 is 0 Å². The van der Waals surface area contributed by atoms with Crippen molar-refractivity contribution in [3.05, 3.63) is 47.5 Å². The van der Waals surface area contributed by atoms with Crippen LogP contribution in [0.1, 0.15) is 25.0 Å². The van der Waals surface area contributed by atoms with Crippen molar-refractivity contribution in [2.24, 2.45) is 9.98 Å². The minimum atomic E-state index is 0.467. The van der Waals surface area contributed by atoms with Crippen LogP contribution >= 0.6 is 0 Å². The number of rotatable bonds is 8. The summed E-state index contributed by atoms with van der Waals surface area (Å²) in [6, 6.07) is 10.4. The first-order valence-electron chi connectivity index (χ1n) is 7.89. The maximum Gasteiger partial charge on any atom is 0.240 e. The van der Waals surface area contributed by atoms with E-state index in [-0.39, 0.29) is 0 Å². The Bertz CT molecular complexity index is 766. The second-order valence-corrected chi connectivity index (χ2v) is 5.03. The van der Waals surface area contributed by atoms with E-state index < -0.39 is 0 Å². The van der Waals surface area contributed by atoms with Crippen LogP contribution in [0.25, 0.3) is 0 Å². The number of carbonyl (C=O) groups excluding carboxylic acids is 2. The molecule has 2 rings (SSSR count). The second-order valence-electron chi connectivity index (χ2n) is 5.03. The molecule has 0 saturated heterocycles. The van der Waals surface area contributed by atoms with Gasteiger partial charge in [-0.3, -0.25) is 0 Å². The summed E-state index contributed by atoms with van der Waals surface area (Å²) in [4.78, 5) is 28.3. The largest absolute Gasteiger partial charge is 0.494 e. The Labute approximate surface area is 145 Å². The summed E-state index contributed by atoms with van der Waals surface area (Å²) < 4.78 is 11.3. The number of ether oxygens (including phenoxy) is 2. The number of benzene rings is 2. The molecule has 2 aromatic carbocycles. The van der Waals surface area contributed by atoms with Gasteiger partial charge in [-0.25, -0.2) is 9.59 Å². The summed E-state index contributed by atoms with van der Waals surface area (Å²) in [7, 11) is 0. The van der Waals surface area contributed by atoms with Gasteiger partial charge in [0.25, 0.3) is 0 Å². The normalized spacial score (nSPS) is 9.68. The van der Waals surface area contributed by atoms with Crippen molar-refractivity contribution in [2.45, 2.75) is 20.3 Å². The lowest BCUT2D eigenvalue weighted by molar-refractivity contribution is 0.333. The van der Waals surface area contributed by atoms with Crippen LogP contribution in [0.15, 0.2) is 46.4 Å². The Morgan fingerprint density at radius 1 is 0.800 bits per heavy atom. The Morgan fingerprint density at radius 3 is 1.60 bits per heavy atom. The first-order valence-corrected chi connectivity index (χ1v) is 7.89. The van der Waals surface area contributed by atoms with Crippen LogP contribution in [0.3, 0.4) is 0 Å². The van der Waals surface area contributed by atoms with Crippen molar-refractivity contribution < 1.29 is 19.1 Å². The number of isocyanates is 2. The molecule has 0 unspecified atom stereocenters. The van der Waals surface area contributed by atoms with E-state index in [2.05, 4.69) is 9.98 Å². The number of nitrogens with zero attached hydrogens (tertiary/aromatic N) is 2. The third-order valence-electron chi connectivity index (χ3n) is 3.42. The van der Waals surface area contributed by atoms with Crippen molar-refractivity contribution in [3.8, 4) is 11.5 Å². The van der Waals surface area contributed by atoms with Crippen LogP contribution in [0.2, 0.25) is 0 Å². The van der Waals surface area contributed by atoms with Gasteiger partial charge in [0.1, 0.15) is 11.5 Å². The van der Waals surface area contributed by atoms with Crippen LogP contribution in [0.4, 0.5) is 11.4 Å². The van der Waals surface area contributed by atoms with Gasteiger partial charge >= 0.3 is 0 Å². The van der Waals surface area contributed by atoms with E-state index in [1.165, 1.54) is 12.2 Å². The van der Waals surface area contributed by atoms with Gasteiger partial charge in [0, 0.05) is 17.5 Å². The molecule has 2 aromatic rings. The van der Waals surface area contributed by atoms with Crippen molar-refractivity contribution in [3.63, 3.8) is 0 Å². The van der Waals surface area contributed by atoms with Crippen LogP contribution < -0.4 is 9.47 Å². The minimum absolute atomic E-state index is 0.467. The monoisotopic (exact) mass is 338 g/mol. The highest BCUT2D eigenvalue weighted by Crippen LogP contribution is 2.32. The van der Waals surface area contributed by atoms with Crippen molar-refractivity contribution in [1.29, 1.82) is 0 Å². The van der Waals surface area contributed by atoms with Crippen molar-refractivity contribution >= 4 is 23.5 Å². The first-order chi connectivity index (χ1) is 12.2. The summed E-state index contributed by atoms with van der Waals surface area (Å²) in [5, 5.41) is 0. The molecule has 0 aliphatic rings. The summed E-state index contributed by atoms with van der Waals surface area (Å²) in [6.07, 6.45) is 3.54. The van der Waals surface area contributed by atoms with Gasteiger partial charge in [0.15, 0.2) is 0 Å². The Balaban J connectivity index is 2.48. The molecule has 0 spiro atoms. The Morgan fingerprint density at radius 2 is 1.24 bits per heavy atom. The summed E-state index contributed by atoms with van der Waals surface area (Å²) in [5.74, 6) is 1.39. The highest BCUT2D eigenvalue weighted by atomic mass is 16.5. The average molecular weight is 338 g/mol. The summed E-state index contributed by atoms with van der Waals surface area (Å²) >= 11 is 0. The molecule has 0 radical (unpaired) electrons. The smallest absolute Gasteiger partial charge is 0.240 e. The molecule has 0 aromatic heterocycles. The molecule has 0 saturated carbocycles. The van der Waals surface area contributed by atoms with Gasteiger partial charge in [-0.05, 0) is 50.2 Å². The molecule has 6 nitrogen and oxygen atoms in total. The highest BCUT2D eigenvalue weighted by molar-refractivity contribution is 5.57. The molecule has 0 bridgehead atoms. The molecular weight excluding hydrogens is 320 g/mol. The Hall–Kier alpha value is -3.20. The van der Waals surface area contributed by atoms with E-state index in [0.717, 1.165) is 11.1 Å². The van der Waals surface area contributed by atoms with E-state index in [4.69, 9.17) is 9.47 Å². The molecule has 0 aliphatic carbocycles. The van der Waals surface area contributed by atoms with Gasteiger partial charge in [-0.1, -0.05) is 0 Å². The van der Waals surface area contributed by atoms with E-state index in [1.807, 2.05) is 13.8 Å². The molecular formula is C19H18N2O4. The fourth-order valence-corrected chi connectivity index (χ4v) is 2.45. The standard InChI is InChI=1S/C19H18N2O4/c1-3-24-18-7-5-16(20-12-22)10-14(18)9-15-11-17(21-13-23)6-8-19(15)25-4-2/h5-8,10-11H,3-4,9H2,1-2H3. The third kappa shape index (κ3) is 4.88. The minimum Gasteiger partial charge on any atom is -0.494 e. The van der Waals surface area contributed by atoms with Gasteiger partial charge in [0.05, 0.1) is 24.6 Å². The fourth-order valence-electron chi connectivity index (χ4n) is 2.45. The lowest BCUT2D eigenvalue weighted by Gasteiger charge is -2.14. The molecule has 0 heterocycles. The Kier molecular flexibility index (Phi) is 6.66. The SMILES string of the molecule is CCOc1ccc(N=C=O)cc1Cc1cc(N=C=O)ccc1OCC. The maximum atomic E-state index is 10.5. The van der Waals surface area contributed by atoms with E-state index in [1.54, 1.807) is 36.4 Å². The van der Waals surface area contributed by atoms with Gasteiger partial charge in [-0.15, -0.1) is 0 Å². The second kappa shape index (κ2) is 9.18. The molecule has 0 fully saturated rings.